The molecule has 0 aromatic rings. The van der Waals surface area contributed by atoms with E-state index in [1.165, 1.54) is 6.42 Å². The van der Waals surface area contributed by atoms with E-state index in [1.54, 1.807) is 7.11 Å². The Labute approximate surface area is 68.7 Å². The van der Waals surface area contributed by atoms with E-state index >= 15 is 0 Å². The van der Waals surface area contributed by atoms with E-state index in [4.69, 9.17) is 4.74 Å². The molecule has 1 N–H and O–H groups in total. The summed E-state index contributed by atoms with van der Waals surface area (Å²) in [6, 6.07) is 0. The van der Waals surface area contributed by atoms with Gasteiger partial charge in [0, 0.05) is 13.7 Å². The fourth-order valence-corrected chi connectivity index (χ4v) is 1.29. The van der Waals surface area contributed by atoms with Crippen LogP contribution in [0.25, 0.3) is 0 Å². The summed E-state index contributed by atoms with van der Waals surface area (Å²) >= 11 is 0. The Morgan fingerprint density at radius 2 is 2.10 bits per heavy atom. The van der Waals surface area contributed by atoms with Crippen LogP contribution in [0.3, 0.4) is 0 Å². The van der Waals surface area contributed by atoms with Crippen molar-refractivity contribution < 1.29 is 4.74 Å². The Kier molecular flexibility index (Phi) is 5.04. The van der Waals surface area contributed by atoms with Gasteiger partial charge < -0.3 is 10.1 Å². The average Bonchev–Trinajstić information content (AvgIpc) is 1.88. The first kappa shape index (κ1) is 10.2. The average molecular weight is 166 g/mol. The zero-order chi connectivity index (χ0) is 6.69. The number of rotatable bonds is 1. The lowest BCUT2D eigenvalue weighted by molar-refractivity contribution is 0.0650. The second-order valence-electron chi connectivity index (χ2n) is 2.86. The molecule has 2 nitrogen and oxygen atoms in total. The molecule has 0 saturated carbocycles. The third kappa shape index (κ3) is 2.86. The zero-order valence-corrected chi connectivity index (χ0v) is 7.41. The molecule has 0 aromatic heterocycles. The lowest BCUT2D eigenvalue weighted by Gasteiger charge is -2.26. The van der Waals surface area contributed by atoms with Crippen LogP contribution < -0.4 is 5.32 Å². The summed E-state index contributed by atoms with van der Waals surface area (Å²) in [4.78, 5) is 0. The second kappa shape index (κ2) is 4.94. The third-order valence-electron chi connectivity index (χ3n) is 1.86. The molecule has 1 rings (SSSR count). The summed E-state index contributed by atoms with van der Waals surface area (Å²) in [7, 11) is 1.78. The maximum atomic E-state index is 5.20. The molecule has 62 valence electrons. The van der Waals surface area contributed by atoms with Crippen molar-refractivity contribution in [1.82, 2.24) is 5.32 Å². The first-order valence-corrected chi connectivity index (χ1v) is 3.56. The largest absolute Gasteiger partial charge is 0.380 e. The Morgan fingerprint density at radius 1 is 1.40 bits per heavy atom. The minimum atomic E-state index is 0. The molecule has 0 spiro atoms. The maximum absolute atomic E-state index is 5.20. The molecule has 0 amide bonds. The van der Waals surface area contributed by atoms with Crippen LogP contribution >= 0.6 is 12.4 Å². The topological polar surface area (TPSA) is 21.3 Å². The summed E-state index contributed by atoms with van der Waals surface area (Å²) in [5, 5.41) is 3.31. The summed E-state index contributed by atoms with van der Waals surface area (Å²) < 4.78 is 5.20. The monoisotopic (exact) mass is 165 g/mol. The summed E-state index contributed by atoms with van der Waals surface area (Å²) in [5.41, 5.74) is 0. The SMILES string of the molecule is COC1CNCC(C)C1.Cl. The lowest BCUT2D eigenvalue weighted by Crippen LogP contribution is -2.39. The number of ether oxygens (including phenoxy) is 1. The summed E-state index contributed by atoms with van der Waals surface area (Å²) in [6.45, 7) is 4.43. The van der Waals surface area contributed by atoms with Crippen molar-refractivity contribution in [3.63, 3.8) is 0 Å². The second-order valence-corrected chi connectivity index (χ2v) is 2.86. The zero-order valence-electron chi connectivity index (χ0n) is 6.59. The van der Waals surface area contributed by atoms with Gasteiger partial charge in [0.15, 0.2) is 0 Å². The van der Waals surface area contributed by atoms with Gasteiger partial charge in [-0.3, -0.25) is 0 Å². The van der Waals surface area contributed by atoms with Crippen LogP contribution in [0.4, 0.5) is 0 Å². The molecule has 2 unspecified atom stereocenters. The number of hydrogen-bond donors (Lipinski definition) is 1. The number of hydrogen-bond acceptors (Lipinski definition) is 2. The van der Waals surface area contributed by atoms with Crippen molar-refractivity contribution in [3.05, 3.63) is 0 Å². The molecular weight excluding hydrogens is 150 g/mol. The van der Waals surface area contributed by atoms with Crippen LogP contribution in [0.5, 0.6) is 0 Å². The van der Waals surface area contributed by atoms with Gasteiger partial charge in [0.2, 0.25) is 0 Å². The molecule has 1 fully saturated rings. The predicted octanol–water partition coefficient (Wildman–Crippen LogP) is 1.05. The van der Waals surface area contributed by atoms with Crippen molar-refractivity contribution >= 4 is 12.4 Å². The summed E-state index contributed by atoms with van der Waals surface area (Å²) in [5.74, 6) is 0.781. The standard InChI is InChI=1S/C7H15NO.ClH/c1-6-3-7(9-2)5-8-4-6;/h6-8H,3-5H2,1-2H3;1H. The Morgan fingerprint density at radius 3 is 2.50 bits per heavy atom. The van der Waals surface area contributed by atoms with Crippen LogP contribution in [-0.4, -0.2) is 26.3 Å². The third-order valence-corrected chi connectivity index (χ3v) is 1.86. The molecule has 0 aromatic carbocycles. The van der Waals surface area contributed by atoms with Crippen LogP contribution in [0.2, 0.25) is 0 Å². The molecule has 1 heterocycles. The highest BCUT2D eigenvalue weighted by atomic mass is 35.5. The van der Waals surface area contributed by atoms with Gasteiger partial charge in [-0.25, -0.2) is 0 Å². The molecule has 1 aliphatic rings. The number of halogens is 1. The number of nitrogens with one attached hydrogen (secondary N) is 1. The van der Waals surface area contributed by atoms with Gasteiger partial charge >= 0.3 is 0 Å². The smallest absolute Gasteiger partial charge is 0.0698 e. The Hall–Kier alpha value is 0.210. The van der Waals surface area contributed by atoms with Gasteiger partial charge in [-0.05, 0) is 18.9 Å². The normalized spacial score (nSPS) is 33.0. The highest BCUT2D eigenvalue weighted by Gasteiger charge is 2.16. The van der Waals surface area contributed by atoms with Gasteiger partial charge in [-0.2, -0.15) is 0 Å². The molecular formula is C7H16ClNO. The fourth-order valence-electron chi connectivity index (χ4n) is 1.29. The van der Waals surface area contributed by atoms with E-state index in [0.29, 0.717) is 6.10 Å². The minimum Gasteiger partial charge on any atom is -0.380 e. The van der Waals surface area contributed by atoms with E-state index in [2.05, 4.69) is 12.2 Å². The molecule has 1 saturated heterocycles. The molecule has 0 radical (unpaired) electrons. The molecule has 0 aliphatic carbocycles. The minimum absolute atomic E-state index is 0. The lowest BCUT2D eigenvalue weighted by atomic mass is 10.00. The van der Waals surface area contributed by atoms with Crippen LogP contribution in [0, 0.1) is 5.92 Å². The van der Waals surface area contributed by atoms with Crippen LogP contribution in [-0.2, 0) is 4.74 Å². The van der Waals surface area contributed by atoms with Gasteiger partial charge in [-0.1, -0.05) is 6.92 Å². The van der Waals surface area contributed by atoms with Crippen molar-refractivity contribution in [2.45, 2.75) is 19.4 Å². The van der Waals surface area contributed by atoms with E-state index in [9.17, 15) is 0 Å². The van der Waals surface area contributed by atoms with Crippen molar-refractivity contribution in [2.24, 2.45) is 5.92 Å². The molecule has 0 bridgehead atoms. The van der Waals surface area contributed by atoms with E-state index in [1.807, 2.05) is 0 Å². The summed E-state index contributed by atoms with van der Waals surface area (Å²) in [6.07, 6.45) is 1.66. The Balaban J connectivity index is 0.000000810. The highest BCUT2D eigenvalue weighted by Crippen LogP contribution is 2.10. The van der Waals surface area contributed by atoms with E-state index in [-0.39, 0.29) is 12.4 Å². The number of piperidine rings is 1. The van der Waals surface area contributed by atoms with E-state index in [0.717, 1.165) is 19.0 Å². The van der Waals surface area contributed by atoms with Crippen molar-refractivity contribution in [3.8, 4) is 0 Å². The number of methoxy groups -OCH3 is 1. The molecule has 3 heteroatoms. The molecule has 10 heavy (non-hydrogen) atoms. The van der Waals surface area contributed by atoms with Crippen molar-refractivity contribution in [2.75, 3.05) is 20.2 Å². The van der Waals surface area contributed by atoms with Gasteiger partial charge in [0.05, 0.1) is 6.10 Å². The molecule has 2 atom stereocenters. The highest BCUT2D eigenvalue weighted by molar-refractivity contribution is 5.85. The first-order valence-electron chi connectivity index (χ1n) is 3.56. The van der Waals surface area contributed by atoms with Gasteiger partial charge in [0.25, 0.3) is 0 Å². The molecule has 1 aliphatic heterocycles. The van der Waals surface area contributed by atoms with Gasteiger partial charge in [-0.15, -0.1) is 12.4 Å². The maximum Gasteiger partial charge on any atom is 0.0698 e. The van der Waals surface area contributed by atoms with E-state index < -0.39 is 0 Å². The predicted molar refractivity (Wildman–Crippen MR) is 44.7 cm³/mol. The quantitative estimate of drug-likeness (QED) is 0.628. The van der Waals surface area contributed by atoms with Gasteiger partial charge in [0.1, 0.15) is 0 Å². The van der Waals surface area contributed by atoms with Crippen LogP contribution in [0.1, 0.15) is 13.3 Å². The fraction of sp³-hybridized carbons (Fsp3) is 1.00. The first-order chi connectivity index (χ1) is 4.33. The Bertz CT molecular complexity index is 89.7. The van der Waals surface area contributed by atoms with Crippen LogP contribution in [0.15, 0.2) is 0 Å². The van der Waals surface area contributed by atoms with Crippen molar-refractivity contribution in [1.29, 1.82) is 0 Å².